The standard InChI is InChI=1S/C19H18N4O3/c1-25-16-7-6-14(11-17(16)26-2)22-19-21-9-8-15(23-19)12-4-3-5-13(10-12)18(20)24/h3-11H,1-2H3,(H2,20,24)(H,21,22,23). The number of ether oxygens (including phenoxy) is 2. The fraction of sp³-hybridized carbons (Fsp3) is 0.105. The molecule has 7 heteroatoms. The van der Waals surface area contributed by atoms with Crippen LogP contribution >= 0.6 is 0 Å². The largest absolute Gasteiger partial charge is 0.493 e. The highest BCUT2D eigenvalue weighted by atomic mass is 16.5. The van der Waals surface area contributed by atoms with Crippen LogP contribution in [0.5, 0.6) is 11.5 Å². The normalized spacial score (nSPS) is 10.2. The Morgan fingerprint density at radius 1 is 1.04 bits per heavy atom. The summed E-state index contributed by atoms with van der Waals surface area (Å²) in [6.45, 7) is 0. The van der Waals surface area contributed by atoms with Gasteiger partial charge in [-0.3, -0.25) is 4.79 Å². The molecule has 0 spiro atoms. The van der Waals surface area contributed by atoms with Crippen molar-refractivity contribution in [3.63, 3.8) is 0 Å². The van der Waals surface area contributed by atoms with Gasteiger partial charge in [0, 0.05) is 29.1 Å². The van der Waals surface area contributed by atoms with Crippen LogP contribution in [0.1, 0.15) is 10.4 Å². The van der Waals surface area contributed by atoms with E-state index in [1.807, 2.05) is 12.1 Å². The summed E-state index contributed by atoms with van der Waals surface area (Å²) in [5.41, 5.74) is 7.97. The number of anilines is 2. The van der Waals surface area contributed by atoms with E-state index in [4.69, 9.17) is 15.2 Å². The second-order valence-electron chi connectivity index (χ2n) is 5.41. The summed E-state index contributed by atoms with van der Waals surface area (Å²) in [7, 11) is 3.15. The van der Waals surface area contributed by atoms with Gasteiger partial charge < -0.3 is 20.5 Å². The number of nitrogens with one attached hydrogen (secondary N) is 1. The molecule has 0 fully saturated rings. The van der Waals surface area contributed by atoms with Crippen molar-refractivity contribution in [1.29, 1.82) is 0 Å². The quantitative estimate of drug-likeness (QED) is 0.709. The van der Waals surface area contributed by atoms with E-state index in [1.165, 1.54) is 0 Å². The number of nitrogens with zero attached hydrogens (tertiary/aromatic N) is 2. The monoisotopic (exact) mass is 350 g/mol. The topological polar surface area (TPSA) is 99.4 Å². The number of nitrogens with two attached hydrogens (primary N) is 1. The van der Waals surface area contributed by atoms with Crippen molar-refractivity contribution in [3.05, 3.63) is 60.3 Å². The number of aromatic nitrogens is 2. The Balaban J connectivity index is 1.88. The summed E-state index contributed by atoms with van der Waals surface area (Å²) in [4.78, 5) is 20.1. The molecule has 26 heavy (non-hydrogen) atoms. The zero-order valence-corrected chi connectivity index (χ0v) is 14.4. The molecule has 3 aromatic rings. The van der Waals surface area contributed by atoms with Crippen LogP contribution in [0.2, 0.25) is 0 Å². The lowest BCUT2D eigenvalue weighted by Gasteiger charge is -2.11. The predicted octanol–water partition coefficient (Wildman–Crippen LogP) is 3.00. The van der Waals surface area contributed by atoms with Crippen LogP contribution in [0, 0.1) is 0 Å². The summed E-state index contributed by atoms with van der Waals surface area (Å²) in [5.74, 6) is 1.17. The maximum Gasteiger partial charge on any atom is 0.248 e. The van der Waals surface area contributed by atoms with E-state index in [0.717, 1.165) is 11.3 Å². The summed E-state index contributed by atoms with van der Waals surface area (Å²) < 4.78 is 10.5. The number of rotatable bonds is 6. The van der Waals surface area contributed by atoms with Gasteiger partial charge in [-0.05, 0) is 30.3 Å². The van der Waals surface area contributed by atoms with Gasteiger partial charge in [0.05, 0.1) is 19.9 Å². The molecular formula is C19H18N4O3. The van der Waals surface area contributed by atoms with Crippen LogP contribution in [-0.4, -0.2) is 30.1 Å². The van der Waals surface area contributed by atoms with Gasteiger partial charge in [-0.15, -0.1) is 0 Å². The molecule has 0 aliphatic heterocycles. The Labute approximate surface area is 150 Å². The molecule has 0 radical (unpaired) electrons. The van der Waals surface area contributed by atoms with Crippen molar-refractivity contribution in [1.82, 2.24) is 9.97 Å². The van der Waals surface area contributed by atoms with Crippen molar-refractivity contribution in [3.8, 4) is 22.8 Å². The first-order chi connectivity index (χ1) is 12.6. The summed E-state index contributed by atoms with van der Waals surface area (Å²) >= 11 is 0. The highest BCUT2D eigenvalue weighted by molar-refractivity contribution is 5.94. The fourth-order valence-corrected chi connectivity index (χ4v) is 2.45. The second kappa shape index (κ2) is 7.52. The molecule has 3 N–H and O–H groups in total. The Bertz CT molecular complexity index is 944. The molecule has 0 saturated heterocycles. The predicted molar refractivity (Wildman–Crippen MR) is 98.8 cm³/mol. The van der Waals surface area contributed by atoms with Gasteiger partial charge in [0.25, 0.3) is 0 Å². The van der Waals surface area contributed by atoms with Crippen LogP contribution in [-0.2, 0) is 0 Å². The summed E-state index contributed by atoms with van der Waals surface area (Å²) in [6, 6.07) is 14.2. The number of benzene rings is 2. The third-order valence-electron chi connectivity index (χ3n) is 3.74. The van der Waals surface area contributed by atoms with E-state index in [9.17, 15) is 4.79 Å². The van der Waals surface area contributed by atoms with E-state index in [0.29, 0.717) is 28.7 Å². The number of hydrogen-bond donors (Lipinski definition) is 2. The Kier molecular flexibility index (Phi) is 4.98. The van der Waals surface area contributed by atoms with E-state index >= 15 is 0 Å². The molecule has 1 amide bonds. The molecule has 3 rings (SSSR count). The van der Waals surface area contributed by atoms with E-state index in [1.54, 1.807) is 56.8 Å². The first-order valence-electron chi connectivity index (χ1n) is 7.83. The molecule has 1 heterocycles. The lowest BCUT2D eigenvalue weighted by molar-refractivity contribution is 0.100. The van der Waals surface area contributed by atoms with Crippen LogP contribution in [0.15, 0.2) is 54.7 Å². The summed E-state index contributed by atoms with van der Waals surface area (Å²) in [5, 5.41) is 3.13. The Hall–Kier alpha value is -3.61. The molecular weight excluding hydrogens is 332 g/mol. The van der Waals surface area contributed by atoms with Crippen molar-refractivity contribution in [2.24, 2.45) is 5.73 Å². The number of methoxy groups -OCH3 is 2. The van der Waals surface area contributed by atoms with Crippen LogP contribution in [0.3, 0.4) is 0 Å². The molecule has 0 bridgehead atoms. The zero-order chi connectivity index (χ0) is 18.5. The Morgan fingerprint density at radius 2 is 1.85 bits per heavy atom. The average Bonchev–Trinajstić information content (AvgIpc) is 2.68. The maximum atomic E-state index is 11.4. The highest BCUT2D eigenvalue weighted by Crippen LogP contribution is 2.30. The average molecular weight is 350 g/mol. The van der Waals surface area contributed by atoms with Gasteiger partial charge in [0.1, 0.15) is 0 Å². The van der Waals surface area contributed by atoms with Crippen LogP contribution in [0.25, 0.3) is 11.3 Å². The van der Waals surface area contributed by atoms with Crippen molar-refractivity contribution in [2.75, 3.05) is 19.5 Å². The van der Waals surface area contributed by atoms with Gasteiger partial charge in [-0.2, -0.15) is 0 Å². The van der Waals surface area contributed by atoms with Crippen molar-refractivity contribution in [2.45, 2.75) is 0 Å². The highest BCUT2D eigenvalue weighted by Gasteiger charge is 2.08. The van der Waals surface area contributed by atoms with Crippen molar-refractivity contribution >= 4 is 17.5 Å². The molecule has 0 aliphatic carbocycles. The lowest BCUT2D eigenvalue weighted by Crippen LogP contribution is -2.10. The number of amides is 1. The minimum Gasteiger partial charge on any atom is -0.493 e. The molecule has 0 unspecified atom stereocenters. The van der Waals surface area contributed by atoms with Crippen LogP contribution in [0.4, 0.5) is 11.6 Å². The fourth-order valence-electron chi connectivity index (χ4n) is 2.45. The Morgan fingerprint density at radius 3 is 2.58 bits per heavy atom. The van der Waals surface area contributed by atoms with Gasteiger partial charge in [-0.25, -0.2) is 9.97 Å². The molecule has 7 nitrogen and oxygen atoms in total. The third kappa shape index (κ3) is 3.72. The van der Waals surface area contributed by atoms with Gasteiger partial charge in [0.2, 0.25) is 11.9 Å². The zero-order valence-electron chi connectivity index (χ0n) is 14.4. The number of carbonyl (C=O) groups is 1. The third-order valence-corrected chi connectivity index (χ3v) is 3.74. The first-order valence-corrected chi connectivity index (χ1v) is 7.83. The number of carbonyl (C=O) groups excluding carboxylic acids is 1. The van der Waals surface area contributed by atoms with Gasteiger partial charge >= 0.3 is 0 Å². The van der Waals surface area contributed by atoms with E-state index < -0.39 is 5.91 Å². The lowest BCUT2D eigenvalue weighted by atomic mass is 10.1. The minimum absolute atomic E-state index is 0.416. The smallest absolute Gasteiger partial charge is 0.248 e. The van der Waals surface area contributed by atoms with Gasteiger partial charge in [0.15, 0.2) is 11.5 Å². The van der Waals surface area contributed by atoms with E-state index in [2.05, 4.69) is 15.3 Å². The number of primary amides is 1. The first kappa shape index (κ1) is 17.2. The molecule has 1 aromatic heterocycles. The molecule has 0 aliphatic rings. The molecule has 0 atom stereocenters. The van der Waals surface area contributed by atoms with Crippen molar-refractivity contribution < 1.29 is 14.3 Å². The second-order valence-corrected chi connectivity index (χ2v) is 5.41. The van der Waals surface area contributed by atoms with E-state index in [-0.39, 0.29) is 0 Å². The minimum atomic E-state index is -0.482. The summed E-state index contributed by atoms with van der Waals surface area (Å²) in [6.07, 6.45) is 1.64. The SMILES string of the molecule is COc1ccc(Nc2nccc(-c3cccc(C(N)=O)c3)n2)cc1OC. The van der Waals surface area contributed by atoms with Crippen LogP contribution < -0.4 is 20.5 Å². The molecule has 0 saturated carbocycles. The maximum absolute atomic E-state index is 11.4. The van der Waals surface area contributed by atoms with Gasteiger partial charge in [-0.1, -0.05) is 12.1 Å². The molecule has 2 aromatic carbocycles. The number of hydrogen-bond acceptors (Lipinski definition) is 6. The molecule has 132 valence electrons.